The standard InChI is InChI=1S/C17H18F3N3O2/c1-23(12-6-3-2-4-7-12)11-5-10-21-15(24)13-8-9-14(17(18,19)20)22-16(13)25/h2-4,6-9H,5,10-11H2,1H3,(H,21,24)(H,22,25). The van der Waals surface area contributed by atoms with Crippen molar-refractivity contribution < 1.29 is 18.0 Å². The predicted octanol–water partition coefficient (Wildman–Crippen LogP) is 2.65. The summed E-state index contributed by atoms with van der Waals surface area (Å²) in [5, 5.41) is 2.54. The fraction of sp³-hybridized carbons (Fsp3) is 0.294. The zero-order valence-electron chi connectivity index (χ0n) is 13.6. The molecule has 0 aliphatic heterocycles. The van der Waals surface area contributed by atoms with Crippen molar-refractivity contribution in [2.45, 2.75) is 12.6 Å². The summed E-state index contributed by atoms with van der Waals surface area (Å²) in [5.41, 5.74) is -1.55. The molecule has 1 heterocycles. The van der Waals surface area contributed by atoms with Crippen molar-refractivity contribution in [3.63, 3.8) is 0 Å². The number of pyridine rings is 1. The quantitative estimate of drug-likeness (QED) is 0.785. The molecule has 8 heteroatoms. The number of aromatic nitrogens is 1. The molecule has 0 saturated carbocycles. The van der Waals surface area contributed by atoms with E-state index in [4.69, 9.17) is 0 Å². The van der Waals surface area contributed by atoms with Gasteiger partial charge in [-0.3, -0.25) is 9.59 Å². The lowest BCUT2D eigenvalue weighted by Crippen LogP contribution is -2.32. The molecule has 0 spiro atoms. The van der Waals surface area contributed by atoms with Crippen LogP contribution in [-0.2, 0) is 6.18 Å². The molecule has 0 aliphatic rings. The minimum absolute atomic E-state index is 0.302. The van der Waals surface area contributed by atoms with Crippen molar-refractivity contribution in [3.05, 3.63) is 64.1 Å². The van der Waals surface area contributed by atoms with E-state index in [2.05, 4.69) is 5.32 Å². The van der Waals surface area contributed by atoms with Gasteiger partial charge in [-0.15, -0.1) is 0 Å². The minimum Gasteiger partial charge on any atom is -0.375 e. The Hall–Kier alpha value is -2.77. The van der Waals surface area contributed by atoms with Gasteiger partial charge in [0.15, 0.2) is 0 Å². The van der Waals surface area contributed by atoms with Crippen molar-refractivity contribution in [3.8, 4) is 0 Å². The predicted molar refractivity (Wildman–Crippen MR) is 88.7 cm³/mol. The maximum Gasteiger partial charge on any atom is 0.431 e. The number of aromatic amines is 1. The lowest BCUT2D eigenvalue weighted by Gasteiger charge is -2.19. The summed E-state index contributed by atoms with van der Waals surface area (Å²) in [5.74, 6) is -0.697. The lowest BCUT2D eigenvalue weighted by molar-refractivity contribution is -0.141. The van der Waals surface area contributed by atoms with E-state index in [0.29, 0.717) is 25.6 Å². The van der Waals surface area contributed by atoms with Crippen molar-refractivity contribution >= 4 is 11.6 Å². The van der Waals surface area contributed by atoms with Gasteiger partial charge in [0, 0.05) is 25.8 Å². The number of hydrogen-bond acceptors (Lipinski definition) is 3. The number of benzene rings is 1. The highest BCUT2D eigenvalue weighted by molar-refractivity contribution is 5.93. The average Bonchev–Trinajstić information content (AvgIpc) is 2.58. The van der Waals surface area contributed by atoms with Crippen LogP contribution in [0.2, 0.25) is 0 Å². The van der Waals surface area contributed by atoms with Gasteiger partial charge in [-0.2, -0.15) is 13.2 Å². The molecule has 5 nitrogen and oxygen atoms in total. The minimum atomic E-state index is -4.66. The second-order valence-electron chi connectivity index (χ2n) is 5.48. The van der Waals surface area contributed by atoms with Gasteiger partial charge in [0.25, 0.3) is 11.5 Å². The monoisotopic (exact) mass is 353 g/mol. The molecular formula is C17H18F3N3O2. The van der Waals surface area contributed by atoms with Crippen molar-refractivity contribution in [2.75, 3.05) is 25.0 Å². The highest BCUT2D eigenvalue weighted by Gasteiger charge is 2.32. The first-order chi connectivity index (χ1) is 11.8. The maximum absolute atomic E-state index is 12.5. The molecule has 0 radical (unpaired) electrons. The zero-order valence-corrected chi connectivity index (χ0v) is 13.6. The van der Waals surface area contributed by atoms with Crippen LogP contribution in [0.1, 0.15) is 22.5 Å². The molecule has 2 N–H and O–H groups in total. The molecule has 0 saturated heterocycles. The number of halogens is 3. The fourth-order valence-electron chi connectivity index (χ4n) is 2.24. The Morgan fingerprint density at radius 3 is 2.44 bits per heavy atom. The van der Waals surface area contributed by atoms with Gasteiger partial charge in [0.1, 0.15) is 11.3 Å². The largest absolute Gasteiger partial charge is 0.431 e. The van der Waals surface area contributed by atoms with E-state index in [1.807, 2.05) is 42.3 Å². The van der Waals surface area contributed by atoms with Crippen LogP contribution in [0.4, 0.5) is 18.9 Å². The Kier molecular flexibility index (Phi) is 5.84. The van der Waals surface area contributed by atoms with Gasteiger partial charge in [-0.1, -0.05) is 18.2 Å². The van der Waals surface area contributed by atoms with Crippen LogP contribution in [0.15, 0.2) is 47.3 Å². The summed E-state index contributed by atoms with van der Waals surface area (Å²) >= 11 is 0. The Morgan fingerprint density at radius 2 is 1.84 bits per heavy atom. The lowest BCUT2D eigenvalue weighted by atomic mass is 10.2. The molecule has 1 aromatic carbocycles. The highest BCUT2D eigenvalue weighted by Crippen LogP contribution is 2.26. The molecule has 2 rings (SSSR count). The first-order valence-electron chi connectivity index (χ1n) is 7.64. The molecule has 1 amide bonds. The third kappa shape index (κ3) is 5.10. The first kappa shape index (κ1) is 18.6. The molecule has 0 fully saturated rings. The molecule has 0 bridgehead atoms. The van der Waals surface area contributed by atoms with Crippen LogP contribution < -0.4 is 15.8 Å². The smallest absolute Gasteiger partial charge is 0.375 e. The molecule has 0 aliphatic carbocycles. The molecule has 1 aromatic heterocycles. The molecular weight excluding hydrogens is 335 g/mol. The second kappa shape index (κ2) is 7.87. The topological polar surface area (TPSA) is 65.2 Å². The van der Waals surface area contributed by atoms with E-state index in [9.17, 15) is 22.8 Å². The van der Waals surface area contributed by atoms with Gasteiger partial charge in [0.2, 0.25) is 0 Å². The molecule has 0 atom stereocenters. The number of amides is 1. The van der Waals surface area contributed by atoms with Gasteiger partial charge < -0.3 is 15.2 Å². The normalized spacial score (nSPS) is 11.2. The maximum atomic E-state index is 12.5. The third-order valence-electron chi connectivity index (χ3n) is 3.61. The van der Waals surface area contributed by atoms with Gasteiger partial charge in [-0.25, -0.2) is 0 Å². The zero-order chi connectivity index (χ0) is 18.4. The molecule has 25 heavy (non-hydrogen) atoms. The SMILES string of the molecule is CN(CCCNC(=O)c1ccc(C(F)(F)F)[nH]c1=O)c1ccccc1. The van der Waals surface area contributed by atoms with Gasteiger partial charge in [-0.05, 0) is 30.7 Å². The fourth-order valence-corrected chi connectivity index (χ4v) is 2.24. The third-order valence-corrected chi connectivity index (χ3v) is 3.61. The van der Waals surface area contributed by atoms with Crippen molar-refractivity contribution in [2.24, 2.45) is 0 Å². The van der Waals surface area contributed by atoms with E-state index in [0.717, 1.165) is 11.8 Å². The summed E-state index contributed by atoms with van der Waals surface area (Å²) in [4.78, 5) is 27.2. The number of carbonyl (C=O) groups is 1. The van der Waals surface area contributed by atoms with E-state index < -0.39 is 23.3 Å². The van der Waals surface area contributed by atoms with Gasteiger partial charge in [0.05, 0.1) is 0 Å². The summed E-state index contributed by atoms with van der Waals surface area (Å²) in [6.45, 7) is 0.976. The number of H-pyrrole nitrogens is 1. The Balaban J connectivity index is 1.86. The van der Waals surface area contributed by atoms with Crippen LogP contribution in [0, 0.1) is 0 Å². The Labute approximate surface area is 142 Å². The molecule has 2 aromatic rings. The van der Waals surface area contributed by atoms with Crippen LogP contribution in [0.3, 0.4) is 0 Å². The first-order valence-corrected chi connectivity index (χ1v) is 7.64. The van der Waals surface area contributed by atoms with Gasteiger partial charge >= 0.3 is 6.18 Å². The van der Waals surface area contributed by atoms with E-state index in [1.165, 1.54) is 0 Å². The summed E-state index contributed by atoms with van der Waals surface area (Å²) < 4.78 is 37.5. The van der Waals surface area contributed by atoms with Crippen LogP contribution in [0.25, 0.3) is 0 Å². The average molecular weight is 353 g/mol. The summed E-state index contributed by atoms with van der Waals surface area (Å²) in [7, 11) is 1.91. The number of rotatable bonds is 6. The number of hydrogen-bond donors (Lipinski definition) is 2. The van der Waals surface area contributed by atoms with E-state index in [1.54, 1.807) is 4.98 Å². The summed E-state index contributed by atoms with van der Waals surface area (Å²) in [6.07, 6.45) is -4.04. The van der Waals surface area contributed by atoms with Crippen LogP contribution in [-0.4, -0.2) is 31.0 Å². The number of anilines is 1. The number of alkyl halides is 3. The number of nitrogens with one attached hydrogen (secondary N) is 2. The number of nitrogens with zero attached hydrogens (tertiary/aromatic N) is 1. The van der Waals surface area contributed by atoms with Crippen LogP contribution >= 0.6 is 0 Å². The molecule has 0 unspecified atom stereocenters. The number of para-hydroxylation sites is 1. The number of carbonyl (C=O) groups excluding carboxylic acids is 1. The van der Waals surface area contributed by atoms with E-state index >= 15 is 0 Å². The Morgan fingerprint density at radius 1 is 1.16 bits per heavy atom. The van der Waals surface area contributed by atoms with Crippen molar-refractivity contribution in [1.82, 2.24) is 10.3 Å². The Bertz CT molecular complexity index is 773. The van der Waals surface area contributed by atoms with E-state index in [-0.39, 0.29) is 5.56 Å². The van der Waals surface area contributed by atoms with Crippen molar-refractivity contribution in [1.29, 1.82) is 0 Å². The van der Waals surface area contributed by atoms with Crippen LogP contribution in [0.5, 0.6) is 0 Å². The second-order valence-corrected chi connectivity index (χ2v) is 5.48. The highest BCUT2D eigenvalue weighted by atomic mass is 19.4. The molecule has 134 valence electrons. The summed E-state index contributed by atoms with van der Waals surface area (Å²) in [6, 6.07) is 11.2.